The first-order valence-electron chi connectivity index (χ1n) is 8.26. The number of rotatable bonds is 2. The minimum absolute atomic E-state index is 0.309. The second-order valence-corrected chi connectivity index (χ2v) is 6.06. The molecule has 1 aromatic rings. The predicted molar refractivity (Wildman–Crippen MR) is 89.3 cm³/mol. The summed E-state index contributed by atoms with van der Waals surface area (Å²) >= 11 is 0. The first kappa shape index (κ1) is 17.1. The van der Waals surface area contributed by atoms with E-state index in [4.69, 9.17) is 9.47 Å². The van der Waals surface area contributed by atoms with Crippen molar-refractivity contribution < 1.29 is 23.9 Å². The van der Waals surface area contributed by atoms with Crippen LogP contribution in [0, 0.1) is 0 Å². The Morgan fingerprint density at radius 1 is 1.20 bits per heavy atom. The number of nitrogens with one attached hydrogen (secondary N) is 1. The topological polar surface area (TPSA) is 88.2 Å². The average Bonchev–Trinajstić information content (AvgIpc) is 2.62. The largest absolute Gasteiger partial charge is 0.466 e. The van der Waals surface area contributed by atoms with Gasteiger partial charge in [0.15, 0.2) is 0 Å². The zero-order chi connectivity index (χ0) is 18.0. The van der Waals surface area contributed by atoms with Crippen LogP contribution in [0.25, 0.3) is 0 Å². The number of piperazine rings is 1. The van der Waals surface area contributed by atoms with Crippen molar-refractivity contribution in [1.82, 2.24) is 9.80 Å². The lowest BCUT2D eigenvalue weighted by atomic mass is 10.0. The fourth-order valence-electron chi connectivity index (χ4n) is 2.92. The van der Waals surface area contributed by atoms with Crippen molar-refractivity contribution >= 4 is 23.6 Å². The van der Waals surface area contributed by atoms with Crippen LogP contribution in [0.2, 0.25) is 0 Å². The lowest BCUT2D eigenvalue weighted by molar-refractivity contribution is -0.155. The van der Waals surface area contributed by atoms with Crippen LogP contribution in [0.5, 0.6) is 5.75 Å². The Balaban J connectivity index is 1.69. The molecule has 3 rings (SSSR count). The highest BCUT2D eigenvalue weighted by atomic mass is 16.6. The van der Waals surface area contributed by atoms with Crippen LogP contribution in [-0.2, 0) is 14.3 Å². The molecule has 8 nitrogen and oxygen atoms in total. The van der Waals surface area contributed by atoms with E-state index in [1.54, 1.807) is 41.0 Å². The van der Waals surface area contributed by atoms with Gasteiger partial charge in [0.1, 0.15) is 5.75 Å². The number of carbonyl (C=O) groups is 3. The van der Waals surface area contributed by atoms with Gasteiger partial charge in [-0.1, -0.05) is 12.1 Å². The molecule has 1 N–H and O–H groups in total. The number of nitrogens with zero attached hydrogens (tertiary/aromatic N) is 2. The molecule has 0 bridgehead atoms. The van der Waals surface area contributed by atoms with Gasteiger partial charge in [-0.25, -0.2) is 4.79 Å². The number of amides is 3. The van der Waals surface area contributed by atoms with Crippen molar-refractivity contribution in [1.29, 1.82) is 0 Å². The van der Waals surface area contributed by atoms with E-state index >= 15 is 0 Å². The van der Waals surface area contributed by atoms with Crippen molar-refractivity contribution in [3.63, 3.8) is 0 Å². The van der Waals surface area contributed by atoms with Crippen LogP contribution in [0.1, 0.15) is 13.8 Å². The number of benzene rings is 1. The van der Waals surface area contributed by atoms with Crippen molar-refractivity contribution in [2.24, 2.45) is 0 Å². The lowest BCUT2D eigenvalue weighted by Crippen LogP contribution is -2.62. The van der Waals surface area contributed by atoms with E-state index in [-0.39, 0.29) is 6.09 Å². The van der Waals surface area contributed by atoms with Crippen molar-refractivity contribution in [3.05, 3.63) is 24.3 Å². The smallest absolute Gasteiger partial charge is 0.409 e. The maximum Gasteiger partial charge on any atom is 0.409 e. The average molecular weight is 347 g/mol. The molecule has 0 saturated carbocycles. The molecule has 1 aromatic carbocycles. The second-order valence-electron chi connectivity index (χ2n) is 6.06. The van der Waals surface area contributed by atoms with Gasteiger partial charge >= 0.3 is 6.09 Å². The molecule has 134 valence electrons. The van der Waals surface area contributed by atoms with Gasteiger partial charge in [0.05, 0.1) is 12.3 Å². The molecular formula is C17H21N3O5. The molecule has 2 aliphatic rings. The third-order valence-corrected chi connectivity index (χ3v) is 4.38. The van der Waals surface area contributed by atoms with E-state index < -0.39 is 17.4 Å². The van der Waals surface area contributed by atoms with Gasteiger partial charge < -0.3 is 24.6 Å². The monoisotopic (exact) mass is 347 g/mol. The standard InChI is InChI=1S/C17H21N3O5/c1-3-24-16(23)20-10-8-19(9-11-20)15(22)17(2)14(21)18-12-6-4-5-7-13(12)25-17/h4-7H,3,8-11H2,1-2H3,(H,18,21)/t17-/m1/s1. The molecule has 2 heterocycles. The summed E-state index contributed by atoms with van der Waals surface area (Å²) < 4.78 is 10.7. The molecule has 0 unspecified atom stereocenters. The van der Waals surface area contributed by atoms with Gasteiger partial charge in [-0.05, 0) is 26.0 Å². The molecular weight excluding hydrogens is 326 g/mol. The summed E-state index contributed by atoms with van der Waals surface area (Å²) in [6.45, 7) is 4.89. The van der Waals surface area contributed by atoms with E-state index in [0.29, 0.717) is 44.2 Å². The number of hydrogen-bond donors (Lipinski definition) is 1. The lowest BCUT2D eigenvalue weighted by Gasteiger charge is -2.40. The summed E-state index contributed by atoms with van der Waals surface area (Å²) in [6.07, 6.45) is -0.388. The van der Waals surface area contributed by atoms with Gasteiger partial charge in [-0.15, -0.1) is 0 Å². The summed E-state index contributed by atoms with van der Waals surface area (Å²) in [5, 5.41) is 2.72. The Morgan fingerprint density at radius 3 is 2.52 bits per heavy atom. The van der Waals surface area contributed by atoms with Crippen LogP contribution >= 0.6 is 0 Å². The highest BCUT2D eigenvalue weighted by molar-refractivity contribution is 6.15. The van der Waals surface area contributed by atoms with Gasteiger partial charge in [0.25, 0.3) is 17.4 Å². The molecule has 0 aromatic heterocycles. The van der Waals surface area contributed by atoms with Crippen LogP contribution < -0.4 is 10.1 Å². The molecule has 1 saturated heterocycles. The number of ether oxygens (including phenoxy) is 2. The minimum atomic E-state index is -1.62. The molecule has 0 spiro atoms. The van der Waals surface area contributed by atoms with Crippen LogP contribution in [0.4, 0.5) is 10.5 Å². The van der Waals surface area contributed by atoms with Crippen LogP contribution in [0.3, 0.4) is 0 Å². The fourth-order valence-corrected chi connectivity index (χ4v) is 2.92. The molecule has 1 fully saturated rings. The molecule has 8 heteroatoms. The Labute approximate surface area is 145 Å². The van der Waals surface area contributed by atoms with Crippen molar-refractivity contribution in [2.75, 3.05) is 38.1 Å². The normalized spacial score (nSPS) is 22.6. The minimum Gasteiger partial charge on any atom is -0.466 e. The fraction of sp³-hybridized carbons (Fsp3) is 0.471. The molecule has 1 atom stereocenters. The number of para-hydroxylation sites is 2. The van der Waals surface area contributed by atoms with Crippen molar-refractivity contribution in [2.45, 2.75) is 19.4 Å². The number of anilines is 1. The summed E-state index contributed by atoms with van der Waals surface area (Å²) in [6, 6.07) is 6.98. The Morgan fingerprint density at radius 2 is 1.84 bits per heavy atom. The third kappa shape index (κ3) is 3.11. The van der Waals surface area contributed by atoms with Crippen molar-refractivity contribution in [3.8, 4) is 5.75 Å². The van der Waals surface area contributed by atoms with Gasteiger partial charge in [-0.3, -0.25) is 9.59 Å². The van der Waals surface area contributed by atoms with E-state index in [0.717, 1.165) is 0 Å². The number of carbonyl (C=O) groups excluding carboxylic acids is 3. The van der Waals surface area contributed by atoms with Gasteiger partial charge in [0, 0.05) is 26.2 Å². The highest BCUT2D eigenvalue weighted by Crippen LogP contribution is 2.34. The SMILES string of the molecule is CCOC(=O)N1CCN(C(=O)[C@]2(C)Oc3ccccc3NC2=O)CC1. The summed E-state index contributed by atoms with van der Waals surface area (Å²) in [5.41, 5.74) is -1.08. The molecule has 2 aliphatic heterocycles. The highest BCUT2D eigenvalue weighted by Gasteiger charge is 2.49. The van der Waals surface area contributed by atoms with E-state index in [1.807, 2.05) is 0 Å². The first-order valence-corrected chi connectivity index (χ1v) is 8.26. The van der Waals surface area contributed by atoms with Crippen LogP contribution in [-0.4, -0.2) is 66.1 Å². The summed E-state index contributed by atoms with van der Waals surface area (Å²) in [5.74, 6) is -0.449. The van der Waals surface area contributed by atoms with E-state index in [2.05, 4.69) is 5.32 Å². The maximum atomic E-state index is 12.9. The molecule has 0 radical (unpaired) electrons. The Kier molecular flexibility index (Phi) is 4.52. The number of fused-ring (bicyclic) bond motifs is 1. The van der Waals surface area contributed by atoms with E-state index in [9.17, 15) is 14.4 Å². The zero-order valence-electron chi connectivity index (χ0n) is 14.3. The van der Waals surface area contributed by atoms with Crippen LogP contribution in [0.15, 0.2) is 24.3 Å². The number of hydrogen-bond acceptors (Lipinski definition) is 5. The van der Waals surface area contributed by atoms with E-state index in [1.165, 1.54) is 6.92 Å². The molecule has 25 heavy (non-hydrogen) atoms. The molecule has 3 amide bonds. The third-order valence-electron chi connectivity index (χ3n) is 4.38. The summed E-state index contributed by atoms with van der Waals surface area (Å²) in [4.78, 5) is 40.2. The second kappa shape index (κ2) is 6.62. The van der Waals surface area contributed by atoms with Gasteiger partial charge in [-0.2, -0.15) is 0 Å². The zero-order valence-corrected chi connectivity index (χ0v) is 14.3. The first-order chi connectivity index (χ1) is 12.0. The maximum absolute atomic E-state index is 12.9. The molecule has 0 aliphatic carbocycles. The Hall–Kier alpha value is -2.77. The van der Waals surface area contributed by atoms with Gasteiger partial charge in [0.2, 0.25) is 0 Å². The summed E-state index contributed by atoms with van der Waals surface area (Å²) in [7, 11) is 0. The quantitative estimate of drug-likeness (QED) is 0.809. The Bertz CT molecular complexity index is 699. The predicted octanol–water partition coefficient (Wildman–Crippen LogP) is 1.08.